The van der Waals surface area contributed by atoms with E-state index in [1.165, 1.54) is 6.42 Å². The van der Waals surface area contributed by atoms with Crippen molar-refractivity contribution in [3.63, 3.8) is 0 Å². The lowest BCUT2D eigenvalue weighted by atomic mass is 10.2. The maximum Gasteiger partial charge on any atom is 0.0718 e. The molecule has 2 aliphatic rings. The molecule has 0 aromatic heterocycles. The van der Waals surface area contributed by atoms with Gasteiger partial charge in [-0.25, -0.2) is 0 Å². The maximum absolute atomic E-state index is 5.50. The Morgan fingerprint density at radius 1 is 1.73 bits per heavy atom. The third kappa shape index (κ3) is 1.55. The fraction of sp³-hybridized carbons (Fsp3) is 1.00. The van der Waals surface area contributed by atoms with E-state index in [0.29, 0.717) is 17.4 Å². The summed E-state index contributed by atoms with van der Waals surface area (Å²) < 4.78 is 5.50. The molecule has 0 saturated carbocycles. The minimum absolute atomic E-state index is 0.495. The third-order valence-corrected chi connectivity index (χ3v) is 2.68. The lowest BCUT2D eigenvalue weighted by molar-refractivity contribution is 0.0314. The average Bonchev–Trinajstić information content (AvgIpc) is 2.45. The van der Waals surface area contributed by atoms with Crippen molar-refractivity contribution in [2.45, 2.75) is 30.7 Å². The molecule has 2 saturated heterocycles. The highest BCUT2D eigenvalue weighted by molar-refractivity contribution is 7.80. The Labute approximate surface area is 73.3 Å². The first-order valence-corrected chi connectivity index (χ1v) is 4.81. The molecule has 0 aromatic carbocycles. The van der Waals surface area contributed by atoms with Crippen molar-refractivity contribution in [1.82, 2.24) is 4.90 Å². The lowest BCUT2D eigenvalue weighted by Gasteiger charge is -2.27. The van der Waals surface area contributed by atoms with Crippen molar-refractivity contribution in [3.8, 4) is 0 Å². The average molecular weight is 173 g/mol. The molecule has 0 amide bonds. The first kappa shape index (κ1) is 7.90. The zero-order chi connectivity index (χ0) is 7.84. The predicted molar refractivity (Wildman–Crippen MR) is 48.2 cm³/mol. The van der Waals surface area contributed by atoms with Gasteiger partial charge in [-0.2, -0.15) is 12.6 Å². The molecule has 2 nitrogen and oxygen atoms in total. The number of morpholine rings is 1. The van der Waals surface area contributed by atoms with Gasteiger partial charge < -0.3 is 4.74 Å². The molecule has 0 aromatic rings. The number of likely N-dealkylation sites (tertiary alicyclic amines) is 1. The Hall–Kier alpha value is 0.270. The monoisotopic (exact) mass is 173 g/mol. The van der Waals surface area contributed by atoms with Gasteiger partial charge in [0.05, 0.1) is 12.7 Å². The SMILES string of the molecule is CC(S)CN1CC2CC1CO2. The van der Waals surface area contributed by atoms with Gasteiger partial charge in [0.25, 0.3) is 0 Å². The largest absolute Gasteiger partial charge is 0.375 e. The number of fused-ring (bicyclic) bond motifs is 2. The summed E-state index contributed by atoms with van der Waals surface area (Å²) in [4.78, 5) is 2.51. The highest BCUT2D eigenvalue weighted by atomic mass is 32.1. The van der Waals surface area contributed by atoms with Crippen LogP contribution in [-0.4, -0.2) is 42.0 Å². The summed E-state index contributed by atoms with van der Waals surface area (Å²) >= 11 is 4.38. The molecule has 2 heterocycles. The van der Waals surface area contributed by atoms with Crippen molar-refractivity contribution >= 4 is 12.6 Å². The van der Waals surface area contributed by atoms with Gasteiger partial charge in [-0.1, -0.05) is 6.92 Å². The van der Waals surface area contributed by atoms with Gasteiger partial charge in [0.15, 0.2) is 0 Å². The smallest absolute Gasteiger partial charge is 0.0718 e. The molecule has 0 aliphatic carbocycles. The second-order valence-electron chi connectivity index (χ2n) is 3.65. The number of ether oxygens (including phenoxy) is 1. The summed E-state index contributed by atoms with van der Waals surface area (Å²) in [5.74, 6) is 0. The van der Waals surface area contributed by atoms with E-state index in [1.807, 2.05) is 0 Å². The Kier molecular flexibility index (Phi) is 2.12. The topological polar surface area (TPSA) is 12.5 Å². The molecule has 3 heteroatoms. The normalized spacial score (nSPS) is 39.8. The quantitative estimate of drug-likeness (QED) is 0.619. The van der Waals surface area contributed by atoms with E-state index in [-0.39, 0.29) is 0 Å². The van der Waals surface area contributed by atoms with Crippen molar-refractivity contribution in [1.29, 1.82) is 0 Å². The number of thiol groups is 1. The minimum atomic E-state index is 0.495. The Balaban J connectivity index is 1.87. The van der Waals surface area contributed by atoms with Crippen LogP contribution in [0, 0.1) is 0 Å². The molecule has 0 spiro atoms. The van der Waals surface area contributed by atoms with Crippen LogP contribution in [-0.2, 0) is 4.74 Å². The fourth-order valence-corrected chi connectivity index (χ4v) is 2.25. The van der Waals surface area contributed by atoms with E-state index < -0.39 is 0 Å². The predicted octanol–water partition coefficient (Wildman–Crippen LogP) is 0.778. The second kappa shape index (κ2) is 2.96. The minimum Gasteiger partial charge on any atom is -0.375 e. The standard InChI is InChI=1S/C8H15NOS/c1-6(11)3-9-4-8-2-7(9)5-10-8/h6-8,11H,2-5H2,1H3. The number of hydrogen-bond donors (Lipinski definition) is 1. The van der Waals surface area contributed by atoms with Gasteiger partial charge in [-0.3, -0.25) is 4.90 Å². The summed E-state index contributed by atoms with van der Waals surface area (Å²) in [5.41, 5.74) is 0. The molecular formula is C8H15NOS. The van der Waals surface area contributed by atoms with Crippen molar-refractivity contribution in [3.05, 3.63) is 0 Å². The van der Waals surface area contributed by atoms with E-state index in [2.05, 4.69) is 24.5 Å². The summed E-state index contributed by atoms with van der Waals surface area (Å²) in [5, 5.41) is 0.495. The molecule has 3 atom stereocenters. The van der Waals surface area contributed by atoms with E-state index in [4.69, 9.17) is 4.74 Å². The first-order chi connectivity index (χ1) is 5.25. The Morgan fingerprint density at radius 2 is 2.55 bits per heavy atom. The second-order valence-corrected chi connectivity index (χ2v) is 4.53. The van der Waals surface area contributed by atoms with Crippen LogP contribution in [0.4, 0.5) is 0 Å². The van der Waals surface area contributed by atoms with Gasteiger partial charge in [0.1, 0.15) is 0 Å². The van der Waals surface area contributed by atoms with Gasteiger partial charge in [0.2, 0.25) is 0 Å². The Morgan fingerprint density at radius 3 is 3.00 bits per heavy atom. The maximum atomic E-state index is 5.50. The lowest BCUT2D eigenvalue weighted by Crippen LogP contribution is -2.39. The van der Waals surface area contributed by atoms with Crippen LogP contribution in [0.25, 0.3) is 0 Å². The van der Waals surface area contributed by atoms with Gasteiger partial charge in [0, 0.05) is 24.4 Å². The molecule has 0 N–H and O–H groups in total. The number of hydrogen-bond acceptors (Lipinski definition) is 3. The van der Waals surface area contributed by atoms with Gasteiger partial charge in [-0.15, -0.1) is 0 Å². The number of nitrogens with zero attached hydrogens (tertiary/aromatic N) is 1. The molecule has 2 rings (SSSR count). The van der Waals surface area contributed by atoms with Crippen LogP contribution < -0.4 is 0 Å². The summed E-state index contributed by atoms with van der Waals surface area (Å²) in [7, 11) is 0. The van der Waals surface area contributed by atoms with Crippen LogP contribution in [0.1, 0.15) is 13.3 Å². The number of rotatable bonds is 2. The summed E-state index contributed by atoms with van der Waals surface area (Å²) in [6.07, 6.45) is 1.78. The van der Waals surface area contributed by atoms with E-state index in [1.54, 1.807) is 0 Å². The zero-order valence-electron chi connectivity index (χ0n) is 6.86. The van der Waals surface area contributed by atoms with E-state index >= 15 is 0 Å². The van der Waals surface area contributed by atoms with Gasteiger partial charge in [-0.05, 0) is 6.42 Å². The van der Waals surface area contributed by atoms with Crippen molar-refractivity contribution in [2.24, 2.45) is 0 Å². The summed E-state index contributed by atoms with van der Waals surface area (Å²) in [6, 6.07) is 0.703. The fourth-order valence-electron chi connectivity index (χ4n) is 2.04. The van der Waals surface area contributed by atoms with Crippen LogP contribution in [0.3, 0.4) is 0 Å². The Bertz CT molecular complexity index is 151. The van der Waals surface area contributed by atoms with Crippen LogP contribution in [0.15, 0.2) is 0 Å². The van der Waals surface area contributed by atoms with E-state index in [0.717, 1.165) is 19.7 Å². The molecule has 2 bridgehead atoms. The zero-order valence-corrected chi connectivity index (χ0v) is 7.76. The molecule has 2 fully saturated rings. The van der Waals surface area contributed by atoms with Crippen LogP contribution in [0.5, 0.6) is 0 Å². The molecule has 0 radical (unpaired) electrons. The summed E-state index contributed by atoms with van der Waals surface area (Å²) in [6.45, 7) is 5.35. The molecule has 2 aliphatic heterocycles. The molecular weight excluding hydrogens is 158 g/mol. The van der Waals surface area contributed by atoms with E-state index in [9.17, 15) is 0 Å². The molecule has 11 heavy (non-hydrogen) atoms. The highest BCUT2D eigenvalue weighted by Gasteiger charge is 2.38. The third-order valence-electron chi connectivity index (χ3n) is 2.51. The van der Waals surface area contributed by atoms with Gasteiger partial charge >= 0.3 is 0 Å². The van der Waals surface area contributed by atoms with Crippen LogP contribution in [0.2, 0.25) is 0 Å². The molecule has 64 valence electrons. The van der Waals surface area contributed by atoms with Crippen molar-refractivity contribution in [2.75, 3.05) is 19.7 Å². The molecule has 3 unspecified atom stereocenters. The van der Waals surface area contributed by atoms with Crippen LogP contribution >= 0.6 is 12.6 Å². The van der Waals surface area contributed by atoms with Crippen molar-refractivity contribution < 1.29 is 4.74 Å². The highest BCUT2D eigenvalue weighted by Crippen LogP contribution is 2.27. The first-order valence-electron chi connectivity index (χ1n) is 4.29.